The molecule has 0 fully saturated rings. The summed E-state index contributed by atoms with van der Waals surface area (Å²) in [5.74, 6) is -0.648. The first-order valence-electron chi connectivity index (χ1n) is 6.51. The summed E-state index contributed by atoms with van der Waals surface area (Å²) < 4.78 is 0. The highest BCUT2D eigenvalue weighted by Crippen LogP contribution is 2.08. The van der Waals surface area contributed by atoms with Crippen LogP contribution in [0.25, 0.3) is 0 Å². The highest BCUT2D eigenvalue weighted by atomic mass is 16.4. The lowest BCUT2D eigenvalue weighted by atomic mass is 10.1. The van der Waals surface area contributed by atoms with Crippen molar-refractivity contribution in [3.8, 4) is 0 Å². The van der Waals surface area contributed by atoms with Crippen LogP contribution in [0.5, 0.6) is 0 Å². The SMILES string of the molecule is CC(C)C(C)N(C)C(=O)NCc1cc(C(=O)O)ccn1. The molecular formula is C14H21N3O3. The Kier molecular flexibility index (Phi) is 5.49. The molecule has 0 saturated carbocycles. The van der Waals surface area contributed by atoms with E-state index in [1.54, 1.807) is 11.9 Å². The number of nitrogens with zero attached hydrogens (tertiary/aromatic N) is 2. The smallest absolute Gasteiger partial charge is 0.335 e. The zero-order chi connectivity index (χ0) is 15.3. The Bertz CT molecular complexity index is 488. The number of rotatable bonds is 5. The average Bonchev–Trinajstić information content (AvgIpc) is 2.43. The Morgan fingerprint density at radius 2 is 2.05 bits per heavy atom. The van der Waals surface area contributed by atoms with Crippen molar-refractivity contribution < 1.29 is 14.7 Å². The van der Waals surface area contributed by atoms with E-state index in [4.69, 9.17) is 5.11 Å². The molecule has 0 aliphatic heterocycles. The van der Waals surface area contributed by atoms with Crippen LogP contribution in [0.3, 0.4) is 0 Å². The first kappa shape index (κ1) is 15.9. The maximum absolute atomic E-state index is 12.0. The van der Waals surface area contributed by atoms with Crippen molar-refractivity contribution in [3.63, 3.8) is 0 Å². The van der Waals surface area contributed by atoms with E-state index in [2.05, 4.69) is 10.3 Å². The molecule has 6 heteroatoms. The number of amides is 2. The lowest BCUT2D eigenvalue weighted by molar-refractivity contribution is 0.0696. The fourth-order valence-corrected chi connectivity index (χ4v) is 1.63. The van der Waals surface area contributed by atoms with Crippen LogP contribution in [0.15, 0.2) is 18.3 Å². The van der Waals surface area contributed by atoms with E-state index in [1.807, 2.05) is 20.8 Å². The highest BCUT2D eigenvalue weighted by Gasteiger charge is 2.18. The number of hydrogen-bond acceptors (Lipinski definition) is 3. The van der Waals surface area contributed by atoms with Gasteiger partial charge in [0.25, 0.3) is 0 Å². The van der Waals surface area contributed by atoms with Gasteiger partial charge in [0.2, 0.25) is 0 Å². The van der Waals surface area contributed by atoms with Crippen LogP contribution < -0.4 is 5.32 Å². The van der Waals surface area contributed by atoms with Crippen LogP contribution in [0.2, 0.25) is 0 Å². The molecule has 2 amide bonds. The van der Waals surface area contributed by atoms with Crippen LogP contribution in [0, 0.1) is 5.92 Å². The summed E-state index contributed by atoms with van der Waals surface area (Å²) in [6.07, 6.45) is 1.42. The lowest BCUT2D eigenvalue weighted by Crippen LogP contribution is -2.44. The first-order chi connectivity index (χ1) is 9.32. The molecule has 1 unspecified atom stereocenters. The van der Waals surface area contributed by atoms with Gasteiger partial charge in [-0.15, -0.1) is 0 Å². The summed E-state index contributed by atoms with van der Waals surface area (Å²) in [4.78, 5) is 28.5. The van der Waals surface area contributed by atoms with Crippen molar-refractivity contribution in [3.05, 3.63) is 29.6 Å². The van der Waals surface area contributed by atoms with Gasteiger partial charge in [0.1, 0.15) is 0 Å². The molecule has 2 N–H and O–H groups in total. The molecule has 0 spiro atoms. The predicted octanol–water partition coefficient (Wildman–Crippen LogP) is 1.97. The summed E-state index contributed by atoms with van der Waals surface area (Å²) in [5.41, 5.74) is 0.678. The van der Waals surface area contributed by atoms with Crippen molar-refractivity contribution in [2.24, 2.45) is 5.92 Å². The quantitative estimate of drug-likeness (QED) is 0.863. The van der Waals surface area contributed by atoms with E-state index in [-0.39, 0.29) is 24.2 Å². The molecule has 1 heterocycles. The summed E-state index contributed by atoms with van der Waals surface area (Å²) >= 11 is 0. The van der Waals surface area contributed by atoms with Crippen LogP contribution in [0.1, 0.15) is 36.8 Å². The third-order valence-electron chi connectivity index (χ3n) is 3.38. The van der Waals surface area contributed by atoms with Crippen molar-refractivity contribution in [2.75, 3.05) is 7.05 Å². The molecular weight excluding hydrogens is 258 g/mol. The molecule has 6 nitrogen and oxygen atoms in total. The minimum absolute atomic E-state index is 0.119. The summed E-state index contributed by atoms with van der Waals surface area (Å²) in [5, 5.41) is 11.6. The Hall–Kier alpha value is -2.11. The second kappa shape index (κ2) is 6.88. The second-order valence-corrected chi connectivity index (χ2v) is 5.10. The number of carbonyl (C=O) groups is 2. The van der Waals surface area contributed by atoms with E-state index in [0.29, 0.717) is 11.6 Å². The third kappa shape index (κ3) is 4.22. The minimum Gasteiger partial charge on any atom is -0.478 e. The molecule has 1 aromatic rings. The maximum atomic E-state index is 12.0. The monoisotopic (exact) mass is 279 g/mol. The van der Waals surface area contributed by atoms with E-state index >= 15 is 0 Å². The number of aromatic carboxylic acids is 1. The van der Waals surface area contributed by atoms with Gasteiger partial charge in [-0.2, -0.15) is 0 Å². The van der Waals surface area contributed by atoms with Gasteiger partial charge in [-0.25, -0.2) is 9.59 Å². The predicted molar refractivity (Wildman–Crippen MR) is 75.5 cm³/mol. The number of carbonyl (C=O) groups excluding carboxylic acids is 1. The minimum atomic E-state index is -1.01. The molecule has 0 aliphatic carbocycles. The molecule has 110 valence electrons. The van der Waals surface area contributed by atoms with Crippen molar-refractivity contribution >= 4 is 12.0 Å². The van der Waals surface area contributed by atoms with Gasteiger partial charge in [0, 0.05) is 19.3 Å². The lowest BCUT2D eigenvalue weighted by Gasteiger charge is -2.28. The number of pyridine rings is 1. The van der Waals surface area contributed by atoms with Crippen molar-refractivity contribution in [1.82, 2.24) is 15.2 Å². The molecule has 1 rings (SSSR count). The summed E-state index contributed by atoms with van der Waals surface area (Å²) in [6.45, 7) is 6.28. The van der Waals surface area contributed by atoms with Gasteiger partial charge < -0.3 is 15.3 Å². The molecule has 1 atom stereocenters. The van der Waals surface area contributed by atoms with E-state index in [1.165, 1.54) is 18.3 Å². The number of hydrogen-bond donors (Lipinski definition) is 2. The Morgan fingerprint density at radius 1 is 1.40 bits per heavy atom. The van der Waals surface area contributed by atoms with Crippen molar-refractivity contribution in [1.29, 1.82) is 0 Å². The van der Waals surface area contributed by atoms with Gasteiger partial charge >= 0.3 is 12.0 Å². The molecule has 20 heavy (non-hydrogen) atoms. The zero-order valence-corrected chi connectivity index (χ0v) is 12.3. The van der Waals surface area contributed by atoms with Gasteiger partial charge in [0.05, 0.1) is 17.8 Å². The number of aromatic nitrogens is 1. The zero-order valence-electron chi connectivity index (χ0n) is 12.3. The van der Waals surface area contributed by atoms with Crippen molar-refractivity contribution in [2.45, 2.75) is 33.4 Å². The Morgan fingerprint density at radius 3 is 2.60 bits per heavy atom. The largest absolute Gasteiger partial charge is 0.478 e. The molecule has 0 aromatic carbocycles. The third-order valence-corrected chi connectivity index (χ3v) is 3.38. The van der Waals surface area contributed by atoms with Crippen LogP contribution in [0.4, 0.5) is 4.79 Å². The highest BCUT2D eigenvalue weighted by molar-refractivity contribution is 5.87. The Balaban J connectivity index is 2.61. The van der Waals surface area contributed by atoms with Crippen LogP contribution >= 0.6 is 0 Å². The fourth-order valence-electron chi connectivity index (χ4n) is 1.63. The van der Waals surface area contributed by atoms with Gasteiger partial charge in [0.15, 0.2) is 0 Å². The number of urea groups is 1. The van der Waals surface area contributed by atoms with Crippen LogP contribution in [-0.4, -0.2) is 40.1 Å². The average molecular weight is 279 g/mol. The van der Waals surface area contributed by atoms with E-state index in [0.717, 1.165) is 0 Å². The standard InChI is InChI=1S/C14H21N3O3/c1-9(2)10(3)17(4)14(20)16-8-12-7-11(13(18)19)5-6-15-12/h5-7,9-10H,8H2,1-4H3,(H,16,20)(H,18,19). The van der Waals surface area contributed by atoms with Gasteiger partial charge in [-0.05, 0) is 25.0 Å². The summed E-state index contributed by atoms with van der Waals surface area (Å²) in [6, 6.07) is 2.79. The molecule has 1 aromatic heterocycles. The number of carboxylic acids is 1. The number of carboxylic acid groups (broad SMARTS) is 1. The first-order valence-corrected chi connectivity index (χ1v) is 6.51. The van der Waals surface area contributed by atoms with Gasteiger partial charge in [-0.1, -0.05) is 13.8 Å². The topological polar surface area (TPSA) is 82.5 Å². The van der Waals surface area contributed by atoms with Gasteiger partial charge in [-0.3, -0.25) is 4.98 Å². The molecule has 0 saturated heterocycles. The van der Waals surface area contributed by atoms with E-state index in [9.17, 15) is 9.59 Å². The maximum Gasteiger partial charge on any atom is 0.335 e. The Labute approximate surface area is 118 Å². The molecule has 0 bridgehead atoms. The molecule has 0 radical (unpaired) electrons. The molecule has 0 aliphatic rings. The summed E-state index contributed by atoms with van der Waals surface area (Å²) in [7, 11) is 1.74. The number of nitrogens with one attached hydrogen (secondary N) is 1. The normalized spacial score (nSPS) is 12.1. The fraction of sp³-hybridized carbons (Fsp3) is 0.500. The second-order valence-electron chi connectivity index (χ2n) is 5.10. The van der Waals surface area contributed by atoms with E-state index < -0.39 is 5.97 Å². The van der Waals surface area contributed by atoms with Crippen LogP contribution in [-0.2, 0) is 6.54 Å².